The molecule has 5 nitrogen and oxygen atoms in total. The highest BCUT2D eigenvalue weighted by atomic mass is 16.5. The second kappa shape index (κ2) is 8.82. The fourth-order valence-corrected chi connectivity index (χ4v) is 3.47. The largest absolute Gasteiger partial charge is 0.356 e. The zero-order valence-corrected chi connectivity index (χ0v) is 15.9. The molecule has 0 bridgehead atoms. The summed E-state index contributed by atoms with van der Waals surface area (Å²) >= 11 is 0. The van der Waals surface area contributed by atoms with Crippen LogP contribution in [0, 0.1) is 6.92 Å². The SMILES string of the molecule is Cc1ccccc1C1C(C(=O)NCCCc2ccccc2)OCC(=O)N1C. The molecule has 3 rings (SSSR count). The fourth-order valence-electron chi connectivity index (χ4n) is 3.47. The van der Waals surface area contributed by atoms with Crippen LogP contribution in [0.1, 0.15) is 29.2 Å². The second-order valence-electron chi connectivity index (χ2n) is 6.92. The van der Waals surface area contributed by atoms with E-state index in [-0.39, 0.29) is 18.4 Å². The van der Waals surface area contributed by atoms with E-state index in [1.165, 1.54) is 5.56 Å². The standard InChI is InChI=1S/C22H26N2O3/c1-16-9-6-7-13-18(16)20-21(27-15-19(25)24(20)2)22(26)23-14-8-12-17-10-4-3-5-11-17/h3-7,9-11,13,20-21H,8,12,14-15H2,1-2H3,(H,23,26). The molecular weight excluding hydrogens is 340 g/mol. The molecule has 27 heavy (non-hydrogen) atoms. The van der Waals surface area contributed by atoms with E-state index in [4.69, 9.17) is 4.74 Å². The van der Waals surface area contributed by atoms with Crippen LogP contribution in [-0.4, -0.2) is 43.0 Å². The Bertz CT molecular complexity index is 791. The topological polar surface area (TPSA) is 58.6 Å². The third-order valence-electron chi connectivity index (χ3n) is 5.03. The number of hydrogen-bond donors (Lipinski definition) is 1. The van der Waals surface area contributed by atoms with Crippen LogP contribution in [0.3, 0.4) is 0 Å². The Labute approximate surface area is 160 Å². The van der Waals surface area contributed by atoms with Gasteiger partial charge in [0.05, 0.1) is 6.04 Å². The molecule has 5 heteroatoms. The Balaban J connectivity index is 1.64. The number of carbonyl (C=O) groups excluding carboxylic acids is 2. The van der Waals surface area contributed by atoms with Gasteiger partial charge < -0.3 is 15.0 Å². The van der Waals surface area contributed by atoms with Crippen molar-refractivity contribution in [3.05, 3.63) is 71.3 Å². The minimum Gasteiger partial charge on any atom is -0.356 e. The quantitative estimate of drug-likeness (QED) is 0.800. The van der Waals surface area contributed by atoms with Gasteiger partial charge in [0.2, 0.25) is 5.91 Å². The van der Waals surface area contributed by atoms with Crippen molar-refractivity contribution < 1.29 is 14.3 Å². The highest BCUT2D eigenvalue weighted by Crippen LogP contribution is 2.31. The average molecular weight is 366 g/mol. The Kier molecular flexibility index (Phi) is 6.24. The molecule has 2 aromatic rings. The predicted octanol–water partition coefficient (Wildman–Crippen LogP) is 2.64. The molecule has 0 saturated carbocycles. The minimum absolute atomic E-state index is 0.0685. The van der Waals surface area contributed by atoms with Gasteiger partial charge in [0, 0.05) is 13.6 Å². The monoisotopic (exact) mass is 366 g/mol. The van der Waals surface area contributed by atoms with E-state index in [0.717, 1.165) is 24.0 Å². The van der Waals surface area contributed by atoms with Crippen molar-refractivity contribution in [3.8, 4) is 0 Å². The Morgan fingerprint density at radius 3 is 2.59 bits per heavy atom. The first-order valence-corrected chi connectivity index (χ1v) is 9.32. The number of morpholine rings is 1. The minimum atomic E-state index is -0.703. The summed E-state index contributed by atoms with van der Waals surface area (Å²) in [5.41, 5.74) is 3.23. The number of likely N-dealkylation sites (N-methyl/N-ethyl adjacent to an activating group) is 1. The highest BCUT2D eigenvalue weighted by molar-refractivity contribution is 5.86. The van der Waals surface area contributed by atoms with Crippen LogP contribution in [-0.2, 0) is 20.7 Å². The van der Waals surface area contributed by atoms with Crippen LogP contribution in [0.15, 0.2) is 54.6 Å². The number of nitrogens with zero attached hydrogens (tertiary/aromatic N) is 1. The molecule has 0 spiro atoms. The lowest BCUT2D eigenvalue weighted by Crippen LogP contribution is -2.53. The maximum Gasteiger partial charge on any atom is 0.251 e. The van der Waals surface area contributed by atoms with Crippen molar-refractivity contribution >= 4 is 11.8 Å². The number of ether oxygens (including phenoxy) is 1. The van der Waals surface area contributed by atoms with Crippen molar-refractivity contribution in [2.75, 3.05) is 20.2 Å². The summed E-state index contributed by atoms with van der Waals surface area (Å²) in [6.45, 7) is 2.49. The van der Waals surface area contributed by atoms with Gasteiger partial charge in [-0.1, -0.05) is 54.6 Å². The Morgan fingerprint density at radius 1 is 1.15 bits per heavy atom. The zero-order chi connectivity index (χ0) is 19.2. The van der Waals surface area contributed by atoms with Crippen LogP contribution >= 0.6 is 0 Å². The molecule has 0 aromatic heterocycles. The molecule has 2 atom stereocenters. The van der Waals surface area contributed by atoms with E-state index in [9.17, 15) is 9.59 Å². The summed E-state index contributed by atoms with van der Waals surface area (Å²) < 4.78 is 5.66. The lowest BCUT2D eigenvalue weighted by molar-refractivity contribution is -0.162. The molecule has 1 aliphatic rings. The van der Waals surface area contributed by atoms with Gasteiger partial charge in [0.15, 0.2) is 6.10 Å². The van der Waals surface area contributed by atoms with Crippen LogP contribution < -0.4 is 5.32 Å². The van der Waals surface area contributed by atoms with E-state index in [1.54, 1.807) is 11.9 Å². The van der Waals surface area contributed by atoms with Crippen molar-refractivity contribution in [3.63, 3.8) is 0 Å². The summed E-state index contributed by atoms with van der Waals surface area (Å²) in [6.07, 6.45) is 1.06. The first-order chi connectivity index (χ1) is 13.1. The van der Waals surface area contributed by atoms with Gasteiger partial charge in [-0.3, -0.25) is 9.59 Å². The smallest absolute Gasteiger partial charge is 0.251 e. The van der Waals surface area contributed by atoms with E-state index < -0.39 is 12.1 Å². The lowest BCUT2D eigenvalue weighted by atomic mass is 9.94. The Hall–Kier alpha value is -2.66. The van der Waals surface area contributed by atoms with Crippen molar-refractivity contribution in [2.45, 2.75) is 31.9 Å². The molecule has 1 aliphatic heterocycles. The number of rotatable bonds is 6. The summed E-state index contributed by atoms with van der Waals surface area (Å²) in [6, 6.07) is 17.6. The van der Waals surface area contributed by atoms with Gasteiger partial charge in [-0.05, 0) is 36.5 Å². The van der Waals surface area contributed by atoms with Crippen molar-refractivity contribution in [2.24, 2.45) is 0 Å². The third-order valence-corrected chi connectivity index (χ3v) is 5.03. The van der Waals surface area contributed by atoms with Gasteiger partial charge >= 0.3 is 0 Å². The number of aryl methyl sites for hydroxylation is 2. The molecule has 2 amide bonds. The normalized spacial score (nSPS) is 19.8. The number of amides is 2. The third kappa shape index (κ3) is 4.55. The highest BCUT2D eigenvalue weighted by Gasteiger charge is 2.40. The first-order valence-electron chi connectivity index (χ1n) is 9.32. The summed E-state index contributed by atoms with van der Waals surface area (Å²) in [7, 11) is 1.73. The molecule has 1 fully saturated rings. The molecule has 142 valence electrons. The number of hydrogen-bond acceptors (Lipinski definition) is 3. The number of carbonyl (C=O) groups is 2. The van der Waals surface area contributed by atoms with E-state index in [0.29, 0.717) is 6.54 Å². The van der Waals surface area contributed by atoms with Crippen LogP contribution in [0.2, 0.25) is 0 Å². The van der Waals surface area contributed by atoms with Gasteiger partial charge in [-0.25, -0.2) is 0 Å². The molecule has 1 N–H and O–H groups in total. The predicted molar refractivity (Wildman–Crippen MR) is 104 cm³/mol. The zero-order valence-electron chi connectivity index (χ0n) is 15.9. The molecule has 0 radical (unpaired) electrons. The summed E-state index contributed by atoms with van der Waals surface area (Å²) in [5, 5.41) is 2.98. The fraction of sp³-hybridized carbons (Fsp3) is 0.364. The maximum atomic E-state index is 12.8. The molecule has 1 heterocycles. The lowest BCUT2D eigenvalue weighted by Gasteiger charge is -2.38. The average Bonchev–Trinajstić information content (AvgIpc) is 2.68. The van der Waals surface area contributed by atoms with E-state index in [2.05, 4.69) is 17.4 Å². The van der Waals surface area contributed by atoms with Gasteiger partial charge in [-0.2, -0.15) is 0 Å². The number of benzene rings is 2. The maximum absolute atomic E-state index is 12.8. The van der Waals surface area contributed by atoms with Gasteiger partial charge in [-0.15, -0.1) is 0 Å². The van der Waals surface area contributed by atoms with Crippen LogP contribution in [0.5, 0.6) is 0 Å². The van der Waals surface area contributed by atoms with Crippen LogP contribution in [0.4, 0.5) is 0 Å². The van der Waals surface area contributed by atoms with E-state index in [1.807, 2.05) is 49.4 Å². The molecule has 0 aliphatic carbocycles. The Morgan fingerprint density at radius 2 is 1.85 bits per heavy atom. The molecule has 2 aromatic carbocycles. The van der Waals surface area contributed by atoms with Crippen LogP contribution in [0.25, 0.3) is 0 Å². The summed E-state index contributed by atoms with van der Waals surface area (Å²) in [4.78, 5) is 26.6. The van der Waals surface area contributed by atoms with Crippen molar-refractivity contribution in [1.29, 1.82) is 0 Å². The van der Waals surface area contributed by atoms with Gasteiger partial charge in [0.1, 0.15) is 6.61 Å². The first kappa shape index (κ1) is 19.1. The van der Waals surface area contributed by atoms with Crippen molar-refractivity contribution in [1.82, 2.24) is 10.2 Å². The molecule has 1 saturated heterocycles. The molecular formula is C22H26N2O3. The van der Waals surface area contributed by atoms with E-state index >= 15 is 0 Å². The molecule has 2 unspecified atom stereocenters. The second-order valence-corrected chi connectivity index (χ2v) is 6.92. The number of nitrogens with one attached hydrogen (secondary N) is 1. The van der Waals surface area contributed by atoms with Gasteiger partial charge in [0.25, 0.3) is 5.91 Å². The summed E-state index contributed by atoms with van der Waals surface area (Å²) in [5.74, 6) is -0.285.